The van der Waals surface area contributed by atoms with E-state index in [1.165, 1.54) is 0 Å². The first kappa shape index (κ1) is 22.5. The minimum Gasteiger partial charge on any atom is -0.355 e. The molecule has 9 heteroatoms. The van der Waals surface area contributed by atoms with Crippen LogP contribution in [0.1, 0.15) is 62.1 Å². The number of nitrogens with two attached hydrogens (primary N) is 1. The summed E-state index contributed by atoms with van der Waals surface area (Å²) in [5.74, 6) is 0.106. The number of benzene rings is 2. The molecule has 0 saturated heterocycles. The van der Waals surface area contributed by atoms with Gasteiger partial charge >= 0.3 is 5.69 Å². The molecule has 1 aliphatic rings. The maximum Gasteiger partial charge on any atom is 0.340 e. The molecular weight excluding hydrogens is 420 g/mol. The van der Waals surface area contributed by atoms with Gasteiger partial charge in [0.2, 0.25) is 0 Å². The number of hydrogen-bond acceptors (Lipinski definition) is 5. The number of amides is 2. The topological polar surface area (TPSA) is 146 Å². The first-order valence-corrected chi connectivity index (χ1v) is 10.9. The van der Waals surface area contributed by atoms with Crippen LogP contribution in [0.3, 0.4) is 0 Å². The van der Waals surface area contributed by atoms with E-state index in [4.69, 9.17) is 5.73 Å². The van der Waals surface area contributed by atoms with Crippen molar-refractivity contribution in [3.8, 4) is 0 Å². The van der Waals surface area contributed by atoms with Crippen LogP contribution in [0.5, 0.6) is 0 Å². The number of rotatable bonds is 5. The molecule has 0 saturated carbocycles. The number of nitrogens with one attached hydrogen (secondary N) is 4. The molecule has 1 heterocycles. The van der Waals surface area contributed by atoms with Crippen molar-refractivity contribution in [2.75, 3.05) is 14.1 Å². The third-order valence-electron chi connectivity index (χ3n) is 6.31. The Morgan fingerprint density at radius 3 is 1.94 bits per heavy atom. The first-order valence-electron chi connectivity index (χ1n) is 10.9. The summed E-state index contributed by atoms with van der Waals surface area (Å²) in [5, 5.41) is 12.2. The highest BCUT2D eigenvalue weighted by molar-refractivity contribution is 5.95. The lowest BCUT2D eigenvalue weighted by atomic mass is 9.68. The molecule has 172 valence electrons. The maximum absolute atomic E-state index is 12.3. The fourth-order valence-corrected chi connectivity index (χ4v) is 4.95. The smallest absolute Gasteiger partial charge is 0.340 e. The normalized spacial score (nSPS) is 15.0. The van der Waals surface area contributed by atoms with Gasteiger partial charge in [0, 0.05) is 31.3 Å². The van der Waals surface area contributed by atoms with Gasteiger partial charge in [0.05, 0.1) is 5.41 Å². The van der Waals surface area contributed by atoms with Gasteiger partial charge in [0.25, 0.3) is 11.8 Å². The summed E-state index contributed by atoms with van der Waals surface area (Å²) in [5.41, 5.74) is 10.00. The summed E-state index contributed by atoms with van der Waals surface area (Å²) in [6.07, 6.45) is 1.77. The second-order valence-electron chi connectivity index (χ2n) is 8.52. The molecule has 2 aromatic carbocycles. The van der Waals surface area contributed by atoms with Crippen LogP contribution < -0.4 is 22.1 Å². The summed E-state index contributed by atoms with van der Waals surface area (Å²) < 4.78 is 0. The van der Waals surface area contributed by atoms with Gasteiger partial charge in [-0.25, -0.2) is 9.89 Å². The van der Waals surface area contributed by atoms with Crippen molar-refractivity contribution in [2.45, 2.75) is 37.6 Å². The number of aryl methyl sites for hydroxylation is 2. The van der Waals surface area contributed by atoms with E-state index in [0.717, 1.165) is 22.3 Å². The van der Waals surface area contributed by atoms with Crippen LogP contribution >= 0.6 is 0 Å². The zero-order valence-electron chi connectivity index (χ0n) is 18.9. The summed E-state index contributed by atoms with van der Waals surface area (Å²) in [6.45, 7) is 1.91. The molecule has 0 fully saturated rings. The molecule has 2 amide bonds. The van der Waals surface area contributed by atoms with Crippen LogP contribution in [0.2, 0.25) is 0 Å². The average Bonchev–Trinajstić information content (AvgIpc) is 3.21. The molecule has 9 nitrogen and oxygen atoms in total. The van der Waals surface area contributed by atoms with Crippen LogP contribution in [0.25, 0.3) is 0 Å². The zero-order valence-corrected chi connectivity index (χ0v) is 18.9. The number of aromatic amines is 2. The van der Waals surface area contributed by atoms with Crippen molar-refractivity contribution in [1.29, 1.82) is 0 Å². The van der Waals surface area contributed by atoms with Crippen molar-refractivity contribution >= 4 is 11.8 Å². The number of hydrogen-bond donors (Lipinski definition) is 5. The predicted molar refractivity (Wildman–Crippen MR) is 124 cm³/mol. The third kappa shape index (κ3) is 3.84. The lowest BCUT2D eigenvalue weighted by Crippen LogP contribution is -2.38. The highest BCUT2D eigenvalue weighted by atomic mass is 16.2. The molecule has 0 aliphatic heterocycles. The Labute approximate surface area is 191 Å². The van der Waals surface area contributed by atoms with Gasteiger partial charge < -0.3 is 16.4 Å². The SMILES string of the molecule is CNC(=O)c1ccc2c(c1)CCc1cc(C(=O)NC)ccc1C2(C[C@@H](C)N)c1n[nH]c(=O)[nH]1. The minimum atomic E-state index is -0.864. The number of carbonyl (C=O) groups is 2. The van der Waals surface area contributed by atoms with E-state index in [1.54, 1.807) is 26.2 Å². The second-order valence-corrected chi connectivity index (χ2v) is 8.52. The average molecular weight is 449 g/mol. The molecule has 1 aliphatic carbocycles. The Bertz CT molecular complexity index is 1210. The summed E-state index contributed by atoms with van der Waals surface area (Å²) >= 11 is 0. The number of nitrogens with zero attached hydrogens (tertiary/aromatic N) is 1. The molecule has 1 atom stereocenters. The van der Waals surface area contributed by atoms with Crippen LogP contribution in [-0.4, -0.2) is 47.1 Å². The monoisotopic (exact) mass is 448 g/mol. The highest BCUT2D eigenvalue weighted by Gasteiger charge is 2.44. The molecule has 6 N–H and O–H groups in total. The van der Waals surface area contributed by atoms with Crippen LogP contribution in [0, 0.1) is 0 Å². The largest absolute Gasteiger partial charge is 0.355 e. The van der Waals surface area contributed by atoms with Gasteiger partial charge in [-0.15, -0.1) is 0 Å². The van der Waals surface area contributed by atoms with Crippen molar-refractivity contribution in [3.05, 3.63) is 86.1 Å². The van der Waals surface area contributed by atoms with E-state index in [-0.39, 0.29) is 17.9 Å². The van der Waals surface area contributed by atoms with Crippen LogP contribution in [0.15, 0.2) is 41.2 Å². The van der Waals surface area contributed by atoms with Crippen LogP contribution in [-0.2, 0) is 18.3 Å². The van der Waals surface area contributed by atoms with Gasteiger partial charge in [0.15, 0.2) is 0 Å². The fraction of sp³-hybridized carbons (Fsp3) is 0.333. The van der Waals surface area contributed by atoms with E-state index in [9.17, 15) is 14.4 Å². The van der Waals surface area contributed by atoms with Crippen molar-refractivity contribution < 1.29 is 9.59 Å². The van der Waals surface area contributed by atoms with Gasteiger partial charge in [-0.05, 0) is 72.7 Å². The lowest BCUT2D eigenvalue weighted by Gasteiger charge is -2.36. The molecule has 0 radical (unpaired) electrons. The van der Waals surface area contributed by atoms with Gasteiger partial charge in [0.1, 0.15) is 5.82 Å². The second kappa shape index (κ2) is 8.67. The van der Waals surface area contributed by atoms with Gasteiger partial charge in [-0.3, -0.25) is 14.6 Å². The summed E-state index contributed by atoms with van der Waals surface area (Å²) in [6, 6.07) is 11.0. The van der Waals surface area contributed by atoms with Gasteiger partial charge in [-0.2, -0.15) is 5.10 Å². The van der Waals surface area contributed by atoms with Crippen molar-refractivity contribution in [1.82, 2.24) is 25.8 Å². The Morgan fingerprint density at radius 2 is 1.55 bits per heavy atom. The first-order chi connectivity index (χ1) is 15.8. The number of H-pyrrole nitrogens is 2. The minimum absolute atomic E-state index is 0.174. The number of aromatic nitrogens is 3. The third-order valence-corrected chi connectivity index (χ3v) is 6.31. The highest BCUT2D eigenvalue weighted by Crippen LogP contribution is 2.46. The molecule has 0 spiro atoms. The molecule has 0 unspecified atom stereocenters. The van der Waals surface area contributed by atoms with Crippen LogP contribution in [0.4, 0.5) is 0 Å². The van der Waals surface area contributed by atoms with E-state index in [1.807, 2.05) is 31.2 Å². The summed E-state index contributed by atoms with van der Waals surface area (Å²) in [4.78, 5) is 39.6. The van der Waals surface area contributed by atoms with Gasteiger partial charge in [-0.1, -0.05) is 12.1 Å². The maximum atomic E-state index is 12.3. The van der Waals surface area contributed by atoms with Crippen molar-refractivity contribution in [2.24, 2.45) is 5.73 Å². The Balaban J connectivity index is 2.05. The van der Waals surface area contributed by atoms with Crippen molar-refractivity contribution in [3.63, 3.8) is 0 Å². The fourth-order valence-electron chi connectivity index (χ4n) is 4.95. The number of fused-ring (bicyclic) bond motifs is 2. The molecule has 33 heavy (non-hydrogen) atoms. The van der Waals surface area contributed by atoms with E-state index in [0.29, 0.717) is 36.2 Å². The molecular formula is C24H28N6O3. The Hall–Kier alpha value is -3.72. The molecule has 0 bridgehead atoms. The van der Waals surface area contributed by atoms with E-state index >= 15 is 0 Å². The quantitative estimate of drug-likeness (QED) is 0.395. The molecule has 4 rings (SSSR count). The Morgan fingerprint density at radius 1 is 1.03 bits per heavy atom. The standard InChI is InChI=1S/C24H28N6O3/c1-13(25)12-24(22-28-23(33)30-29-22)18-8-6-16(20(31)26-2)10-14(18)4-5-15-11-17(21(32)27-3)7-9-19(15)24/h6-11,13H,4-5,12,25H2,1-3H3,(H,26,31)(H,27,32)(H2,28,29,30,33)/t13-/m1/s1. The lowest BCUT2D eigenvalue weighted by molar-refractivity contribution is 0.0955. The zero-order chi connectivity index (χ0) is 23.8. The molecule has 3 aromatic rings. The predicted octanol–water partition coefficient (Wildman–Crippen LogP) is 0.988. The molecule has 1 aromatic heterocycles. The Kier molecular flexibility index (Phi) is 5.90. The van der Waals surface area contributed by atoms with E-state index < -0.39 is 11.1 Å². The number of carbonyl (C=O) groups excluding carboxylic acids is 2. The van der Waals surface area contributed by atoms with E-state index in [2.05, 4.69) is 25.8 Å². The summed E-state index contributed by atoms with van der Waals surface area (Å²) in [7, 11) is 3.19.